The van der Waals surface area contributed by atoms with Crippen LogP contribution in [0.25, 0.3) is 11.3 Å². The lowest BCUT2D eigenvalue weighted by Gasteiger charge is -2.11. The minimum Gasteiger partial charge on any atom is -0.490 e. The van der Waals surface area contributed by atoms with Gasteiger partial charge in [-0.1, -0.05) is 23.7 Å². The van der Waals surface area contributed by atoms with Gasteiger partial charge in [-0.25, -0.2) is 0 Å². The molecule has 0 bridgehead atoms. The van der Waals surface area contributed by atoms with Gasteiger partial charge < -0.3 is 9.47 Å². The van der Waals surface area contributed by atoms with E-state index in [1.165, 1.54) is 12.8 Å². The number of halogens is 1. The van der Waals surface area contributed by atoms with E-state index in [1.807, 2.05) is 36.5 Å². The second-order valence-corrected chi connectivity index (χ2v) is 6.78. The number of aromatic nitrogens is 2. The molecule has 1 fully saturated rings. The number of rotatable bonds is 7. The Morgan fingerprint density at radius 3 is 2.74 bits per heavy atom. The molecule has 0 spiro atoms. The van der Waals surface area contributed by atoms with Crippen LogP contribution in [-0.4, -0.2) is 23.0 Å². The van der Waals surface area contributed by atoms with Gasteiger partial charge in [0.15, 0.2) is 0 Å². The minimum absolute atomic E-state index is 0.357. The molecule has 1 heterocycles. The summed E-state index contributed by atoms with van der Waals surface area (Å²) in [6.07, 6.45) is 4.23. The molecule has 5 nitrogen and oxygen atoms in total. The van der Waals surface area contributed by atoms with Gasteiger partial charge in [0.25, 0.3) is 0 Å². The maximum Gasteiger partial charge on any atom is 0.138 e. The SMILES string of the molecule is N#Cc1ccc(OCCOc2cccc(-c3ccnn3C3CC3)c2)c(Cl)c1. The smallest absolute Gasteiger partial charge is 0.138 e. The van der Waals surface area contributed by atoms with Crippen molar-refractivity contribution in [2.45, 2.75) is 18.9 Å². The van der Waals surface area contributed by atoms with Gasteiger partial charge in [-0.3, -0.25) is 4.68 Å². The Bertz CT molecular complexity index is 989. The predicted molar refractivity (Wildman–Crippen MR) is 103 cm³/mol. The summed E-state index contributed by atoms with van der Waals surface area (Å²) >= 11 is 6.10. The molecule has 0 N–H and O–H groups in total. The second-order valence-electron chi connectivity index (χ2n) is 6.37. The summed E-state index contributed by atoms with van der Waals surface area (Å²) in [6, 6.07) is 17.6. The molecule has 2 aromatic carbocycles. The van der Waals surface area contributed by atoms with Crippen molar-refractivity contribution in [2.24, 2.45) is 0 Å². The molecule has 1 aromatic heterocycles. The van der Waals surface area contributed by atoms with Crippen LogP contribution in [0.3, 0.4) is 0 Å². The first-order valence-corrected chi connectivity index (χ1v) is 9.21. The Morgan fingerprint density at radius 2 is 1.96 bits per heavy atom. The number of hydrogen-bond acceptors (Lipinski definition) is 4. The van der Waals surface area contributed by atoms with Gasteiger partial charge in [0.2, 0.25) is 0 Å². The first-order chi connectivity index (χ1) is 13.2. The van der Waals surface area contributed by atoms with E-state index in [4.69, 9.17) is 26.3 Å². The zero-order chi connectivity index (χ0) is 18.6. The average Bonchev–Trinajstić information content (AvgIpc) is 3.42. The highest BCUT2D eigenvalue weighted by atomic mass is 35.5. The monoisotopic (exact) mass is 379 g/mol. The van der Waals surface area contributed by atoms with Gasteiger partial charge in [0, 0.05) is 11.8 Å². The van der Waals surface area contributed by atoms with E-state index >= 15 is 0 Å². The Morgan fingerprint density at radius 1 is 1.11 bits per heavy atom. The highest BCUT2D eigenvalue weighted by molar-refractivity contribution is 6.32. The molecular formula is C21H18ClN3O2. The van der Waals surface area contributed by atoms with E-state index in [9.17, 15) is 0 Å². The van der Waals surface area contributed by atoms with Crippen molar-refractivity contribution in [1.29, 1.82) is 5.26 Å². The predicted octanol–water partition coefficient (Wildman–Crippen LogP) is 4.87. The molecule has 6 heteroatoms. The minimum atomic E-state index is 0.357. The van der Waals surface area contributed by atoms with Gasteiger partial charge in [0.05, 0.1) is 28.4 Å². The van der Waals surface area contributed by atoms with Gasteiger partial charge in [-0.15, -0.1) is 0 Å². The molecular weight excluding hydrogens is 362 g/mol. The third-order valence-electron chi connectivity index (χ3n) is 4.36. The fourth-order valence-corrected chi connectivity index (χ4v) is 3.13. The zero-order valence-corrected chi connectivity index (χ0v) is 15.4. The summed E-state index contributed by atoms with van der Waals surface area (Å²) in [6.45, 7) is 0.748. The molecule has 1 aliphatic carbocycles. The quantitative estimate of drug-likeness (QED) is 0.549. The third kappa shape index (κ3) is 4.07. The van der Waals surface area contributed by atoms with Crippen LogP contribution in [0.15, 0.2) is 54.7 Å². The van der Waals surface area contributed by atoms with Crippen LogP contribution in [0, 0.1) is 11.3 Å². The van der Waals surface area contributed by atoms with E-state index in [0.29, 0.717) is 35.6 Å². The summed E-state index contributed by atoms with van der Waals surface area (Å²) in [5.41, 5.74) is 2.71. The number of benzene rings is 2. The number of hydrogen-bond donors (Lipinski definition) is 0. The molecule has 4 rings (SSSR count). The van der Waals surface area contributed by atoms with Crippen LogP contribution < -0.4 is 9.47 Å². The summed E-state index contributed by atoms with van der Waals surface area (Å²) in [5, 5.41) is 13.7. The van der Waals surface area contributed by atoms with Crippen molar-refractivity contribution in [3.05, 3.63) is 65.3 Å². The molecule has 1 saturated carbocycles. The lowest BCUT2D eigenvalue weighted by atomic mass is 10.1. The lowest BCUT2D eigenvalue weighted by molar-refractivity contribution is 0.217. The van der Waals surface area contributed by atoms with Crippen LogP contribution in [0.4, 0.5) is 0 Å². The van der Waals surface area contributed by atoms with Crippen molar-refractivity contribution in [2.75, 3.05) is 13.2 Å². The van der Waals surface area contributed by atoms with Crippen molar-refractivity contribution in [3.63, 3.8) is 0 Å². The summed E-state index contributed by atoms with van der Waals surface area (Å²) in [4.78, 5) is 0. The lowest BCUT2D eigenvalue weighted by Crippen LogP contribution is -2.09. The van der Waals surface area contributed by atoms with Crippen LogP contribution in [0.1, 0.15) is 24.4 Å². The van der Waals surface area contributed by atoms with Gasteiger partial charge in [0.1, 0.15) is 24.7 Å². The van der Waals surface area contributed by atoms with E-state index in [0.717, 1.165) is 17.0 Å². The highest BCUT2D eigenvalue weighted by Gasteiger charge is 2.26. The van der Waals surface area contributed by atoms with Crippen LogP contribution in [-0.2, 0) is 0 Å². The van der Waals surface area contributed by atoms with E-state index < -0.39 is 0 Å². The first kappa shape index (κ1) is 17.4. The molecule has 27 heavy (non-hydrogen) atoms. The Kier molecular flexibility index (Phi) is 4.99. The molecule has 0 aliphatic heterocycles. The van der Waals surface area contributed by atoms with Crippen molar-refractivity contribution < 1.29 is 9.47 Å². The Labute approximate surface area is 162 Å². The molecule has 3 aromatic rings. The van der Waals surface area contributed by atoms with Gasteiger partial charge in [-0.05, 0) is 49.2 Å². The summed E-state index contributed by atoms with van der Waals surface area (Å²) in [7, 11) is 0. The number of ether oxygens (including phenoxy) is 2. The highest BCUT2D eigenvalue weighted by Crippen LogP contribution is 2.38. The maximum atomic E-state index is 8.86. The average molecular weight is 380 g/mol. The van der Waals surface area contributed by atoms with Crippen LogP contribution >= 0.6 is 11.6 Å². The largest absolute Gasteiger partial charge is 0.490 e. The molecule has 0 radical (unpaired) electrons. The second kappa shape index (κ2) is 7.73. The fraction of sp³-hybridized carbons (Fsp3) is 0.238. The van der Waals surface area contributed by atoms with Crippen LogP contribution in [0.2, 0.25) is 5.02 Å². The standard InChI is InChI=1S/C21H18ClN3O2/c22-19-12-15(14-23)4-7-21(19)27-11-10-26-18-3-1-2-16(13-18)20-8-9-24-25(20)17-5-6-17/h1-4,7-9,12-13,17H,5-6,10-11H2. The van der Waals surface area contributed by atoms with Gasteiger partial charge in [-0.2, -0.15) is 10.4 Å². The van der Waals surface area contributed by atoms with Crippen molar-refractivity contribution in [3.8, 4) is 28.8 Å². The van der Waals surface area contributed by atoms with Crippen molar-refractivity contribution in [1.82, 2.24) is 9.78 Å². The molecule has 136 valence electrons. The Balaban J connectivity index is 1.35. The first-order valence-electron chi connectivity index (χ1n) is 8.84. The van der Waals surface area contributed by atoms with E-state index in [2.05, 4.69) is 15.8 Å². The fourth-order valence-electron chi connectivity index (χ4n) is 2.90. The van der Waals surface area contributed by atoms with Crippen LogP contribution in [0.5, 0.6) is 11.5 Å². The Hall–Kier alpha value is -2.97. The zero-order valence-electron chi connectivity index (χ0n) is 14.6. The van der Waals surface area contributed by atoms with Crippen molar-refractivity contribution >= 4 is 11.6 Å². The molecule has 0 amide bonds. The number of nitriles is 1. The normalized spacial score (nSPS) is 13.2. The summed E-state index contributed by atoms with van der Waals surface area (Å²) < 4.78 is 13.5. The van der Waals surface area contributed by atoms with E-state index in [-0.39, 0.29) is 0 Å². The number of nitrogens with zero attached hydrogens (tertiary/aromatic N) is 3. The van der Waals surface area contributed by atoms with Gasteiger partial charge >= 0.3 is 0 Å². The molecule has 0 saturated heterocycles. The maximum absolute atomic E-state index is 8.86. The summed E-state index contributed by atoms with van der Waals surface area (Å²) in [5.74, 6) is 1.33. The third-order valence-corrected chi connectivity index (χ3v) is 4.66. The molecule has 0 atom stereocenters. The van der Waals surface area contributed by atoms with E-state index in [1.54, 1.807) is 18.2 Å². The topological polar surface area (TPSA) is 60.1 Å². The molecule has 1 aliphatic rings. The molecule has 0 unspecified atom stereocenters.